The average Bonchev–Trinajstić information content (AvgIpc) is 2.83. The van der Waals surface area contributed by atoms with Crippen molar-refractivity contribution in [1.29, 1.82) is 0 Å². The van der Waals surface area contributed by atoms with Crippen molar-refractivity contribution in [3.05, 3.63) is 71.8 Å². The average molecular weight is 475 g/mol. The number of carbonyl (C=O) groups excluding carboxylic acids is 1. The number of phenolic OH excluding ortho intramolecular Hbond substituents is 1. The summed E-state index contributed by atoms with van der Waals surface area (Å²) in [6.07, 6.45) is 1.49. The van der Waals surface area contributed by atoms with E-state index in [9.17, 15) is 9.90 Å². The Morgan fingerprint density at radius 3 is 2.57 bits per heavy atom. The van der Waals surface area contributed by atoms with E-state index in [2.05, 4.69) is 5.32 Å². The molecule has 1 aliphatic rings. The number of aromatic nitrogens is 1. The van der Waals surface area contributed by atoms with Gasteiger partial charge in [-0.3, -0.25) is 0 Å². The molecule has 35 heavy (non-hydrogen) atoms. The van der Waals surface area contributed by atoms with Crippen molar-refractivity contribution < 1.29 is 14.6 Å². The van der Waals surface area contributed by atoms with Crippen LogP contribution in [0, 0.1) is 0 Å². The van der Waals surface area contributed by atoms with E-state index in [-0.39, 0.29) is 17.8 Å². The summed E-state index contributed by atoms with van der Waals surface area (Å²) in [5, 5.41) is 14.0. The number of anilines is 2. The molecule has 184 valence electrons. The van der Waals surface area contributed by atoms with Crippen molar-refractivity contribution in [3.8, 4) is 17.0 Å². The molecule has 0 spiro atoms. The number of ether oxygens (including phenoxy) is 1. The first-order valence-corrected chi connectivity index (χ1v) is 12.1. The number of nitrogens with zero attached hydrogens (tertiary/aromatic N) is 2. The maximum absolute atomic E-state index is 12.8. The van der Waals surface area contributed by atoms with Crippen molar-refractivity contribution >= 4 is 17.6 Å². The Morgan fingerprint density at radius 1 is 1.17 bits per heavy atom. The van der Waals surface area contributed by atoms with Gasteiger partial charge in [-0.2, -0.15) is 0 Å². The maximum Gasteiger partial charge on any atom is 0.410 e. The van der Waals surface area contributed by atoms with E-state index < -0.39 is 5.60 Å². The third-order valence-electron chi connectivity index (χ3n) is 6.09. The first-order chi connectivity index (χ1) is 16.7. The molecule has 1 saturated heterocycles. The molecule has 4 N–H and O–H groups in total. The lowest BCUT2D eigenvalue weighted by Crippen LogP contribution is -2.42. The van der Waals surface area contributed by atoms with E-state index in [0.29, 0.717) is 36.7 Å². The molecule has 3 aromatic rings. The lowest BCUT2D eigenvalue weighted by molar-refractivity contribution is 0.0198. The number of para-hydroxylation sites is 2. The molecule has 1 atom stereocenters. The molecule has 1 amide bonds. The second-order valence-corrected chi connectivity index (χ2v) is 9.90. The molecular weight excluding hydrogens is 440 g/mol. The number of aromatic hydroxyl groups is 1. The minimum absolute atomic E-state index is 0.0683. The highest BCUT2D eigenvalue weighted by Crippen LogP contribution is 2.37. The number of likely N-dealkylation sites (tertiary alicyclic amines) is 1. The first-order valence-electron chi connectivity index (χ1n) is 12.1. The van der Waals surface area contributed by atoms with Crippen molar-refractivity contribution in [1.82, 2.24) is 9.88 Å². The molecule has 1 unspecified atom stereocenters. The van der Waals surface area contributed by atoms with Gasteiger partial charge in [0.2, 0.25) is 0 Å². The standard InChI is InChI=1S/C28H34N4O3/c1-28(2,3)35-27(34)32-15-9-10-19(18-32)22-16-24(21-13-7-8-14-25(21)33)31-26(23(22)17-29)30-20-11-5-4-6-12-20/h4-8,11-14,16,19,33H,9-10,15,17-18,29H2,1-3H3,(H,30,31). The van der Waals surface area contributed by atoms with E-state index in [4.69, 9.17) is 15.5 Å². The Bertz CT molecular complexity index is 1170. The second kappa shape index (κ2) is 10.4. The topological polar surface area (TPSA) is 101 Å². The van der Waals surface area contributed by atoms with E-state index in [0.717, 1.165) is 29.7 Å². The summed E-state index contributed by atoms with van der Waals surface area (Å²) in [4.78, 5) is 19.5. The van der Waals surface area contributed by atoms with Crippen LogP contribution in [0.2, 0.25) is 0 Å². The Balaban J connectivity index is 1.76. The number of hydrogen-bond donors (Lipinski definition) is 3. The summed E-state index contributed by atoms with van der Waals surface area (Å²) >= 11 is 0. The number of phenols is 1. The SMILES string of the molecule is CC(C)(C)OC(=O)N1CCCC(c2cc(-c3ccccc3O)nc(Nc3ccccc3)c2CN)C1. The lowest BCUT2D eigenvalue weighted by Gasteiger charge is -2.35. The number of nitrogens with two attached hydrogens (primary N) is 1. The largest absolute Gasteiger partial charge is 0.507 e. The van der Waals surface area contributed by atoms with Gasteiger partial charge in [0, 0.05) is 42.4 Å². The summed E-state index contributed by atoms with van der Waals surface area (Å²) in [7, 11) is 0. The van der Waals surface area contributed by atoms with Gasteiger partial charge in [0.1, 0.15) is 17.2 Å². The lowest BCUT2D eigenvalue weighted by atomic mass is 9.87. The summed E-state index contributed by atoms with van der Waals surface area (Å²) in [5.41, 5.74) is 9.87. The van der Waals surface area contributed by atoms with Gasteiger partial charge in [-0.05, 0) is 69.5 Å². The zero-order valence-corrected chi connectivity index (χ0v) is 20.6. The van der Waals surface area contributed by atoms with Gasteiger partial charge < -0.3 is 25.8 Å². The van der Waals surface area contributed by atoms with Crippen molar-refractivity contribution in [3.63, 3.8) is 0 Å². The highest BCUT2D eigenvalue weighted by Gasteiger charge is 2.30. The number of pyridine rings is 1. The third-order valence-corrected chi connectivity index (χ3v) is 6.09. The monoisotopic (exact) mass is 474 g/mol. The van der Waals surface area contributed by atoms with Crippen LogP contribution < -0.4 is 11.1 Å². The van der Waals surface area contributed by atoms with Gasteiger partial charge in [0.05, 0.1) is 5.69 Å². The number of benzene rings is 2. The first kappa shape index (κ1) is 24.5. The van der Waals surface area contributed by atoms with Crippen LogP contribution in [0.25, 0.3) is 11.3 Å². The fraction of sp³-hybridized carbons (Fsp3) is 0.357. The Labute approximate surface area is 206 Å². The molecule has 0 radical (unpaired) electrons. The molecule has 2 heterocycles. The van der Waals surface area contributed by atoms with Gasteiger partial charge in [-0.15, -0.1) is 0 Å². The molecule has 0 aliphatic carbocycles. The van der Waals surface area contributed by atoms with Crippen LogP contribution in [0.3, 0.4) is 0 Å². The van der Waals surface area contributed by atoms with Crippen LogP contribution in [0.15, 0.2) is 60.7 Å². The van der Waals surface area contributed by atoms with Crippen LogP contribution in [0.1, 0.15) is 50.7 Å². The molecule has 0 saturated carbocycles. The molecule has 1 fully saturated rings. The molecule has 1 aromatic heterocycles. The smallest absolute Gasteiger partial charge is 0.410 e. The fourth-order valence-corrected chi connectivity index (χ4v) is 4.48. The summed E-state index contributed by atoms with van der Waals surface area (Å²) in [6.45, 7) is 7.12. The van der Waals surface area contributed by atoms with Crippen LogP contribution in [0.5, 0.6) is 5.75 Å². The number of piperidine rings is 1. The van der Waals surface area contributed by atoms with Gasteiger partial charge in [0.25, 0.3) is 0 Å². The molecule has 0 bridgehead atoms. The molecular formula is C28H34N4O3. The van der Waals surface area contributed by atoms with E-state index >= 15 is 0 Å². The van der Waals surface area contributed by atoms with E-state index in [1.165, 1.54) is 0 Å². The van der Waals surface area contributed by atoms with Crippen LogP contribution in [-0.2, 0) is 11.3 Å². The second-order valence-electron chi connectivity index (χ2n) is 9.90. The van der Waals surface area contributed by atoms with Crippen molar-refractivity contribution in [2.45, 2.75) is 51.7 Å². The Kier molecular flexibility index (Phi) is 7.26. The Hall–Kier alpha value is -3.58. The minimum atomic E-state index is -0.548. The molecule has 1 aliphatic heterocycles. The molecule has 7 heteroatoms. The number of rotatable bonds is 5. The zero-order chi connectivity index (χ0) is 25.0. The quantitative estimate of drug-likeness (QED) is 0.434. The predicted molar refractivity (Wildman–Crippen MR) is 139 cm³/mol. The summed E-state index contributed by atoms with van der Waals surface area (Å²) in [5.74, 6) is 0.888. The van der Waals surface area contributed by atoms with Crippen molar-refractivity contribution in [2.24, 2.45) is 5.73 Å². The zero-order valence-electron chi connectivity index (χ0n) is 20.6. The van der Waals surface area contributed by atoms with E-state index in [1.807, 2.05) is 69.3 Å². The minimum Gasteiger partial charge on any atom is -0.507 e. The van der Waals surface area contributed by atoms with Crippen LogP contribution in [-0.4, -0.2) is 39.8 Å². The third kappa shape index (κ3) is 5.92. The fourth-order valence-electron chi connectivity index (χ4n) is 4.48. The van der Waals surface area contributed by atoms with Gasteiger partial charge in [0.15, 0.2) is 0 Å². The van der Waals surface area contributed by atoms with Gasteiger partial charge in [-0.1, -0.05) is 30.3 Å². The maximum atomic E-state index is 12.8. The normalized spacial score (nSPS) is 16.1. The van der Waals surface area contributed by atoms with Crippen LogP contribution >= 0.6 is 0 Å². The number of carbonyl (C=O) groups is 1. The summed E-state index contributed by atoms with van der Waals surface area (Å²) in [6, 6.07) is 19.0. The molecule has 4 rings (SSSR count). The van der Waals surface area contributed by atoms with Crippen LogP contribution in [0.4, 0.5) is 16.3 Å². The predicted octanol–water partition coefficient (Wildman–Crippen LogP) is 5.77. The van der Waals surface area contributed by atoms with Gasteiger partial charge in [-0.25, -0.2) is 9.78 Å². The van der Waals surface area contributed by atoms with E-state index in [1.54, 1.807) is 17.0 Å². The molecule has 7 nitrogen and oxygen atoms in total. The number of nitrogens with one attached hydrogen (secondary N) is 1. The van der Waals surface area contributed by atoms with Crippen molar-refractivity contribution in [2.75, 3.05) is 18.4 Å². The highest BCUT2D eigenvalue weighted by molar-refractivity contribution is 5.73. The number of hydrogen-bond acceptors (Lipinski definition) is 6. The number of amides is 1. The Morgan fingerprint density at radius 2 is 1.89 bits per heavy atom. The highest BCUT2D eigenvalue weighted by atomic mass is 16.6. The van der Waals surface area contributed by atoms with Gasteiger partial charge >= 0.3 is 6.09 Å². The summed E-state index contributed by atoms with van der Waals surface area (Å²) < 4.78 is 5.63. The molecule has 2 aromatic carbocycles.